The van der Waals surface area contributed by atoms with E-state index in [-0.39, 0.29) is 0 Å². The third-order valence-corrected chi connectivity index (χ3v) is 3.11. The summed E-state index contributed by atoms with van der Waals surface area (Å²) in [5.41, 5.74) is 5.56. The number of pyridine rings is 1. The van der Waals surface area contributed by atoms with Crippen molar-refractivity contribution < 1.29 is 0 Å². The number of hydrogen-bond acceptors (Lipinski definition) is 2. The van der Waals surface area contributed by atoms with Gasteiger partial charge in [0, 0.05) is 24.6 Å². The summed E-state index contributed by atoms with van der Waals surface area (Å²) in [6.45, 7) is 1.07. The van der Waals surface area contributed by atoms with Gasteiger partial charge in [-0.25, -0.2) is 0 Å². The van der Waals surface area contributed by atoms with Crippen LogP contribution in [0.2, 0.25) is 0 Å². The van der Waals surface area contributed by atoms with Crippen LogP contribution in [0, 0.1) is 0 Å². The molecular formula is C14H14N2. The summed E-state index contributed by atoms with van der Waals surface area (Å²) in [5.74, 6) is 0. The van der Waals surface area contributed by atoms with Crippen LogP contribution in [-0.2, 0) is 12.8 Å². The Morgan fingerprint density at radius 2 is 2.00 bits per heavy atom. The van der Waals surface area contributed by atoms with Gasteiger partial charge >= 0.3 is 0 Å². The fourth-order valence-electron chi connectivity index (χ4n) is 2.30. The molecule has 1 N–H and O–H groups in total. The minimum atomic E-state index is 1.01. The Hall–Kier alpha value is -1.83. The molecule has 0 radical (unpaired) electrons. The third-order valence-electron chi connectivity index (χ3n) is 3.11. The Kier molecular flexibility index (Phi) is 2.33. The Morgan fingerprint density at radius 3 is 2.88 bits per heavy atom. The van der Waals surface area contributed by atoms with Crippen molar-refractivity contribution in [1.29, 1.82) is 0 Å². The minimum Gasteiger partial charge on any atom is -0.384 e. The van der Waals surface area contributed by atoms with E-state index in [9.17, 15) is 0 Å². The number of fused-ring (bicyclic) bond motifs is 1. The predicted octanol–water partition coefficient (Wildman–Crippen LogP) is 2.64. The molecule has 1 aromatic heterocycles. The fraction of sp³-hybridized carbons (Fsp3) is 0.214. The number of nitrogens with zero attached hydrogens (tertiary/aromatic N) is 1. The van der Waals surface area contributed by atoms with Crippen molar-refractivity contribution in [1.82, 2.24) is 4.98 Å². The molecule has 1 aromatic carbocycles. The molecule has 1 aliphatic rings. The lowest BCUT2D eigenvalue weighted by Crippen LogP contribution is -1.93. The van der Waals surface area contributed by atoms with Gasteiger partial charge in [0.25, 0.3) is 0 Å². The summed E-state index contributed by atoms with van der Waals surface area (Å²) in [4.78, 5) is 4.05. The van der Waals surface area contributed by atoms with Gasteiger partial charge in [0.2, 0.25) is 0 Å². The zero-order valence-corrected chi connectivity index (χ0v) is 9.11. The maximum Gasteiger partial charge on any atom is 0.0376 e. The van der Waals surface area contributed by atoms with E-state index >= 15 is 0 Å². The van der Waals surface area contributed by atoms with Crippen molar-refractivity contribution in [2.45, 2.75) is 12.8 Å². The first-order valence-corrected chi connectivity index (χ1v) is 5.67. The second kappa shape index (κ2) is 3.97. The molecule has 1 aliphatic heterocycles. The van der Waals surface area contributed by atoms with Gasteiger partial charge in [-0.2, -0.15) is 0 Å². The molecule has 0 saturated heterocycles. The second-order valence-corrected chi connectivity index (χ2v) is 4.15. The lowest BCUT2D eigenvalue weighted by atomic mass is 9.99. The Bertz CT molecular complexity index is 491. The number of anilines is 1. The first kappa shape index (κ1) is 9.40. The van der Waals surface area contributed by atoms with Gasteiger partial charge in [0.05, 0.1) is 0 Å². The minimum absolute atomic E-state index is 1.01. The van der Waals surface area contributed by atoms with Gasteiger partial charge in [-0.3, -0.25) is 4.98 Å². The largest absolute Gasteiger partial charge is 0.384 e. The van der Waals surface area contributed by atoms with E-state index in [4.69, 9.17) is 0 Å². The monoisotopic (exact) mass is 210 g/mol. The van der Waals surface area contributed by atoms with Crippen LogP contribution in [0.15, 0.2) is 42.7 Å². The molecular weight excluding hydrogens is 196 g/mol. The van der Waals surface area contributed by atoms with E-state index in [1.54, 1.807) is 0 Å². The number of benzene rings is 1. The smallest absolute Gasteiger partial charge is 0.0376 e. The molecule has 0 atom stereocenters. The van der Waals surface area contributed by atoms with Crippen LogP contribution in [0.4, 0.5) is 5.69 Å². The molecule has 0 unspecified atom stereocenters. The fourth-order valence-corrected chi connectivity index (χ4v) is 2.30. The topological polar surface area (TPSA) is 24.9 Å². The summed E-state index contributed by atoms with van der Waals surface area (Å²) in [7, 11) is 0. The molecule has 2 nitrogen and oxygen atoms in total. The molecule has 0 amide bonds. The van der Waals surface area contributed by atoms with E-state index in [1.165, 1.54) is 22.4 Å². The molecule has 16 heavy (non-hydrogen) atoms. The number of rotatable bonds is 2. The third kappa shape index (κ3) is 1.67. The van der Waals surface area contributed by atoms with Gasteiger partial charge in [-0.05, 0) is 47.7 Å². The number of nitrogens with one attached hydrogen (secondary N) is 1. The Labute approximate surface area is 95.3 Å². The van der Waals surface area contributed by atoms with Crippen LogP contribution >= 0.6 is 0 Å². The van der Waals surface area contributed by atoms with Crippen molar-refractivity contribution in [3.05, 3.63) is 59.4 Å². The maximum absolute atomic E-state index is 4.05. The lowest BCUT2D eigenvalue weighted by molar-refractivity contribution is 1.06. The maximum atomic E-state index is 4.05. The highest BCUT2D eigenvalue weighted by Gasteiger charge is 2.13. The van der Waals surface area contributed by atoms with Crippen LogP contribution in [0.25, 0.3) is 0 Å². The molecule has 0 bridgehead atoms. The van der Waals surface area contributed by atoms with Crippen molar-refractivity contribution in [3.63, 3.8) is 0 Å². The summed E-state index contributed by atoms with van der Waals surface area (Å²) in [6.07, 6.45) is 5.87. The molecule has 2 heterocycles. The highest BCUT2D eigenvalue weighted by Crippen LogP contribution is 2.26. The summed E-state index contributed by atoms with van der Waals surface area (Å²) in [6, 6.07) is 10.7. The Balaban J connectivity index is 1.94. The molecule has 0 aliphatic carbocycles. The van der Waals surface area contributed by atoms with Crippen molar-refractivity contribution >= 4 is 5.69 Å². The van der Waals surface area contributed by atoms with Gasteiger partial charge in [-0.15, -0.1) is 0 Å². The predicted molar refractivity (Wildman–Crippen MR) is 65.7 cm³/mol. The van der Waals surface area contributed by atoms with E-state index in [1.807, 2.05) is 12.4 Å². The highest BCUT2D eigenvalue weighted by molar-refractivity contribution is 5.59. The summed E-state index contributed by atoms with van der Waals surface area (Å²) >= 11 is 0. The van der Waals surface area contributed by atoms with Gasteiger partial charge in [0.15, 0.2) is 0 Å². The number of hydrogen-bond donors (Lipinski definition) is 1. The molecule has 0 spiro atoms. The van der Waals surface area contributed by atoms with Crippen LogP contribution in [0.1, 0.15) is 16.7 Å². The van der Waals surface area contributed by atoms with Crippen LogP contribution < -0.4 is 5.32 Å². The van der Waals surface area contributed by atoms with E-state index in [2.05, 4.69) is 40.6 Å². The van der Waals surface area contributed by atoms with Crippen molar-refractivity contribution in [2.24, 2.45) is 0 Å². The average molecular weight is 210 g/mol. The van der Waals surface area contributed by atoms with Crippen molar-refractivity contribution in [3.8, 4) is 0 Å². The lowest BCUT2D eigenvalue weighted by Gasteiger charge is -2.07. The molecule has 0 saturated carbocycles. The van der Waals surface area contributed by atoms with Crippen LogP contribution in [0.3, 0.4) is 0 Å². The standard InChI is InChI=1S/C14H14N2/c1-2-12(10-11-4-7-15-8-5-11)13-6-9-16-14(13)3-1/h1-5,7-8,16H,6,9-10H2. The first-order chi connectivity index (χ1) is 7.93. The average Bonchev–Trinajstić information content (AvgIpc) is 2.80. The summed E-state index contributed by atoms with van der Waals surface area (Å²) < 4.78 is 0. The highest BCUT2D eigenvalue weighted by atomic mass is 14.9. The van der Waals surface area contributed by atoms with E-state index in [0.717, 1.165) is 19.4 Å². The number of aromatic nitrogens is 1. The second-order valence-electron chi connectivity index (χ2n) is 4.15. The quantitative estimate of drug-likeness (QED) is 0.824. The molecule has 80 valence electrons. The van der Waals surface area contributed by atoms with E-state index in [0.29, 0.717) is 0 Å². The normalized spacial score (nSPS) is 13.2. The molecule has 2 aromatic rings. The molecule has 3 rings (SSSR count). The first-order valence-electron chi connectivity index (χ1n) is 5.67. The van der Waals surface area contributed by atoms with Crippen LogP contribution in [-0.4, -0.2) is 11.5 Å². The van der Waals surface area contributed by atoms with Gasteiger partial charge in [0.1, 0.15) is 0 Å². The zero-order valence-electron chi connectivity index (χ0n) is 9.11. The molecule has 2 heteroatoms. The van der Waals surface area contributed by atoms with Gasteiger partial charge in [-0.1, -0.05) is 12.1 Å². The van der Waals surface area contributed by atoms with Crippen molar-refractivity contribution in [2.75, 3.05) is 11.9 Å². The SMILES string of the molecule is c1cc(Cc2ccncc2)c2c(c1)NCC2. The zero-order chi connectivity index (χ0) is 10.8. The summed E-state index contributed by atoms with van der Waals surface area (Å²) in [5, 5.41) is 3.41. The van der Waals surface area contributed by atoms with Gasteiger partial charge < -0.3 is 5.32 Å². The molecule has 0 fully saturated rings. The van der Waals surface area contributed by atoms with Crippen LogP contribution in [0.5, 0.6) is 0 Å². The Morgan fingerprint density at radius 1 is 1.12 bits per heavy atom. The van der Waals surface area contributed by atoms with E-state index < -0.39 is 0 Å².